The number of ether oxygens (including phenoxy) is 3. The molecule has 0 aromatic heterocycles. The lowest BCUT2D eigenvalue weighted by atomic mass is 9.96. The van der Waals surface area contributed by atoms with Crippen molar-refractivity contribution in [2.24, 2.45) is 0 Å². The van der Waals surface area contributed by atoms with Crippen LogP contribution in [0.3, 0.4) is 0 Å². The van der Waals surface area contributed by atoms with E-state index in [9.17, 15) is 9.59 Å². The first-order chi connectivity index (χ1) is 17.0. The summed E-state index contributed by atoms with van der Waals surface area (Å²) in [4.78, 5) is 29.8. The highest BCUT2D eigenvalue weighted by Gasteiger charge is 2.38. The predicted octanol–water partition coefficient (Wildman–Crippen LogP) is 4.15. The van der Waals surface area contributed by atoms with Gasteiger partial charge in [-0.05, 0) is 75.9 Å². The topological polar surface area (TPSA) is 80.3 Å². The Labute approximate surface area is 207 Å². The number of benzene rings is 2. The number of likely N-dealkylation sites (N-methyl/N-ethyl adjacent to an activating group) is 1. The van der Waals surface area contributed by atoms with E-state index in [4.69, 9.17) is 14.2 Å². The minimum Gasteiger partial charge on any atom is -0.490 e. The van der Waals surface area contributed by atoms with Crippen LogP contribution in [0.1, 0.15) is 56.0 Å². The minimum absolute atomic E-state index is 0.0936. The number of rotatable bonds is 9. The molecule has 1 saturated heterocycles. The molecule has 0 bridgehead atoms. The summed E-state index contributed by atoms with van der Waals surface area (Å²) in [7, 11) is 1.79. The van der Waals surface area contributed by atoms with Gasteiger partial charge in [0.15, 0.2) is 11.5 Å². The molecule has 8 heteroatoms. The van der Waals surface area contributed by atoms with Crippen LogP contribution in [0.15, 0.2) is 30.3 Å². The first-order valence-corrected chi connectivity index (χ1v) is 12.5. The molecule has 0 unspecified atom stereocenters. The van der Waals surface area contributed by atoms with E-state index < -0.39 is 0 Å². The molecule has 1 N–H and O–H groups in total. The first-order valence-electron chi connectivity index (χ1n) is 12.5. The van der Waals surface area contributed by atoms with E-state index >= 15 is 0 Å². The van der Waals surface area contributed by atoms with E-state index in [-0.39, 0.29) is 17.9 Å². The number of amides is 2. The van der Waals surface area contributed by atoms with Gasteiger partial charge in [-0.2, -0.15) is 0 Å². The summed E-state index contributed by atoms with van der Waals surface area (Å²) >= 11 is 0. The van der Waals surface area contributed by atoms with Gasteiger partial charge in [0, 0.05) is 25.7 Å². The van der Waals surface area contributed by atoms with Crippen LogP contribution < -0.4 is 29.3 Å². The fourth-order valence-electron chi connectivity index (χ4n) is 4.82. The zero-order valence-electron chi connectivity index (χ0n) is 21.1. The highest BCUT2D eigenvalue weighted by molar-refractivity contribution is 6.07. The maximum Gasteiger partial charge on any atom is 0.251 e. The normalized spacial score (nSPS) is 16.9. The lowest BCUT2D eigenvalue weighted by Crippen LogP contribution is -2.54. The second-order valence-electron chi connectivity index (χ2n) is 8.71. The number of fused-ring (bicyclic) bond motifs is 3. The summed E-state index contributed by atoms with van der Waals surface area (Å²) in [5, 5.41) is 2.99. The molecule has 8 nitrogen and oxygen atoms in total. The summed E-state index contributed by atoms with van der Waals surface area (Å²) < 4.78 is 17.3. The quantitative estimate of drug-likeness (QED) is 0.580. The van der Waals surface area contributed by atoms with Crippen molar-refractivity contribution in [3.63, 3.8) is 0 Å². The molecular formula is C27H35N3O5. The van der Waals surface area contributed by atoms with Gasteiger partial charge in [-0.15, -0.1) is 0 Å². The summed E-state index contributed by atoms with van der Waals surface area (Å²) in [5.74, 6) is 1.64. The van der Waals surface area contributed by atoms with Crippen LogP contribution in [0.4, 0.5) is 11.4 Å². The molecule has 188 valence electrons. The number of piperidine rings is 1. The van der Waals surface area contributed by atoms with Crippen molar-refractivity contribution in [3.8, 4) is 17.2 Å². The van der Waals surface area contributed by atoms with Gasteiger partial charge >= 0.3 is 0 Å². The van der Waals surface area contributed by atoms with E-state index in [1.165, 1.54) is 0 Å². The maximum atomic E-state index is 13.1. The van der Waals surface area contributed by atoms with Crippen molar-refractivity contribution in [1.82, 2.24) is 5.32 Å². The molecule has 1 atom stereocenters. The molecule has 2 aliphatic heterocycles. The number of anilines is 2. The second kappa shape index (κ2) is 10.9. The first kappa shape index (κ1) is 24.7. The molecule has 2 amide bonds. The summed E-state index contributed by atoms with van der Waals surface area (Å²) in [6, 6.07) is 9.24. The van der Waals surface area contributed by atoms with Gasteiger partial charge < -0.3 is 29.3 Å². The van der Waals surface area contributed by atoms with E-state index in [0.717, 1.165) is 42.7 Å². The summed E-state index contributed by atoms with van der Waals surface area (Å²) in [6.07, 6.45) is 3.02. The Morgan fingerprint density at radius 2 is 1.66 bits per heavy atom. The fraction of sp³-hybridized carbons (Fsp3) is 0.481. The molecule has 35 heavy (non-hydrogen) atoms. The average molecular weight is 482 g/mol. The van der Waals surface area contributed by atoms with Gasteiger partial charge in [-0.1, -0.05) is 0 Å². The Morgan fingerprint density at radius 3 is 2.31 bits per heavy atom. The Bertz CT molecular complexity index is 1060. The number of hydrogen-bond donors (Lipinski definition) is 1. The third-order valence-corrected chi connectivity index (χ3v) is 6.45. The Balaban J connectivity index is 1.53. The standard InChI is InChI=1S/C27H35N3O5/c1-5-33-23-14-18(15-24(34-6-2)25(23)35-7-3)17-28-26(31)19-11-12-20-22(16-19)29(4)27(32)21-10-8-9-13-30(20)21/h11-12,14-16,21H,5-10,13,17H2,1-4H3,(H,28,31)/t21-/m0/s1. The smallest absolute Gasteiger partial charge is 0.251 e. The number of nitrogens with zero attached hydrogens (tertiary/aromatic N) is 2. The molecule has 0 saturated carbocycles. The van der Waals surface area contributed by atoms with Crippen molar-refractivity contribution in [2.75, 3.05) is 43.2 Å². The minimum atomic E-state index is -0.209. The molecule has 2 aromatic carbocycles. The van der Waals surface area contributed by atoms with Gasteiger partial charge in [0.25, 0.3) is 5.91 Å². The molecule has 2 heterocycles. The van der Waals surface area contributed by atoms with E-state index in [2.05, 4.69) is 10.2 Å². The van der Waals surface area contributed by atoms with Gasteiger partial charge in [0.05, 0.1) is 31.2 Å². The zero-order valence-corrected chi connectivity index (χ0v) is 21.1. The maximum absolute atomic E-state index is 13.1. The SMILES string of the molecule is CCOc1cc(CNC(=O)c2ccc3c(c2)N(C)C(=O)[C@@H]2CCCCN32)cc(OCC)c1OCC. The Kier molecular flexibility index (Phi) is 7.68. The van der Waals surface area contributed by atoms with Crippen LogP contribution in [0.5, 0.6) is 17.2 Å². The van der Waals surface area contributed by atoms with Crippen LogP contribution in [0.2, 0.25) is 0 Å². The van der Waals surface area contributed by atoms with Gasteiger partial charge in [-0.3, -0.25) is 9.59 Å². The molecule has 0 radical (unpaired) electrons. The van der Waals surface area contributed by atoms with E-state index in [1.54, 1.807) is 11.9 Å². The summed E-state index contributed by atoms with van der Waals surface area (Å²) in [6.45, 7) is 8.36. The van der Waals surface area contributed by atoms with Crippen molar-refractivity contribution in [2.45, 2.75) is 52.6 Å². The number of nitrogens with one attached hydrogen (secondary N) is 1. The van der Waals surface area contributed by atoms with Crippen LogP contribution in [0.25, 0.3) is 0 Å². The molecule has 2 aliphatic rings. The van der Waals surface area contributed by atoms with Crippen LogP contribution >= 0.6 is 0 Å². The van der Waals surface area contributed by atoms with E-state index in [0.29, 0.717) is 49.2 Å². The molecule has 4 rings (SSSR count). The van der Waals surface area contributed by atoms with Crippen LogP contribution in [0, 0.1) is 0 Å². The molecule has 2 aromatic rings. The van der Waals surface area contributed by atoms with Crippen LogP contribution in [-0.2, 0) is 11.3 Å². The average Bonchev–Trinajstić information content (AvgIpc) is 2.87. The van der Waals surface area contributed by atoms with Gasteiger partial charge in [-0.25, -0.2) is 0 Å². The lowest BCUT2D eigenvalue weighted by molar-refractivity contribution is -0.120. The Morgan fingerprint density at radius 1 is 0.971 bits per heavy atom. The largest absolute Gasteiger partial charge is 0.490 e. The number of carbonyl (C=O) groups excluding carboxylic acids is 2. The van der Waals surface area contributed by atoms with Gasteiger partial charge in [0.2, 0.25) is 11.7 Å². The van der Waals surface area contributed by atoms with E-state index in [1.807, 2.05) is 51.1 Å². The summed E-state index contributed by atoms with van der Waals surface area (Å²) in [5.41, 5.74) is 3.15. The van der Waals surface area contributed by atoms with Gasteiger partial charge in [0.1, 0.15) is 6.04 Å². The van der Waals surface area contributed by atoms with Crippen molar-refractivity contribution in [3.05, 3.63) is 41.5 Å². The van der Waals surface area contributed by atoms with Crippen molar-refractivity contribution >= 4 is 23.2 Å². The molecule has 0 spiro atoms. The van der Waals surface area contributed by atoms with Crippen LogP contribution in [-0.4, -0.2) is 51.3 Å². The third kappa shape index (κ3) is 5.01. The monoisotopic (exact) mass is 481 g/mol. The highest BCUT2D eigenvalue weighted by atomic mass is 16.5. The van der Waals surface area contributed by atoms with Crippen molar-refractivity contribution in [1.29, 1.82) is 0 Å². The Hall–Kier alpha value is -3.42. The number of hydrogen-bond acceptors (Lipinski definition) is 6. The van der Waals surface area contributed by atoms with Crippen molar-refractivity contribution < 1.29 is 23.8 Å². The fourth-order valence-corrected chi connectivity index (χ4v) is 4.82. The second-order valence-corrected chi connectivity index (χ2v) is 8.71. The highest BCUT2D eigenvalue weighted by Crippen LogP contribution is 2.40. The molecule has 0 aliphatic carbocycles. The lowest BCUT2D eigenvalue weighted by Gasteiger charge is -2.44. The zero-order chi connectivity index (χ0) is 24.9. The molecule has 1 fully saturated rings. The number of carbonyl (C=O) groups is 2. The third-order valence-electron chi connectivity index (χ3n) is 6.45. The molecular weight excluding hydrogens is 446 g/mol. The predicted molar refractivity (Wildman–Crippen MR) is 136 cm³/mol.